The van der Waals surface area contributed by atoms with Crippen molar-refractivity contribution in [1.29, 1.82) is 0 Å². The zero-order valence-electron chi connectivity index (χ0n) is 20.4. The van der Waals surface area contributed by atoms with Crippen molar-refractivity contribution in [3.8, 4) is 11.5 Å². The fourth-order valence-corrected chi connectivity index (χ4v) is 3.33. The van der Waals surface area contributed by atoms with Crippen LogP contribution in [0.5, 0.6) is 11.5 Å². The number of aromatic amines is 1. The molecule has 4 aromatic rings. The number of carbonyl (C=O) groups is 1. The highest BCUT2D eigenvalue weighted by atomic mass is 19.4. The molecule has 0 fully saturated rings. The Morgan fingerprint density at radius 1 is 1.05 bits per heavy atom. The van der Waals surface area contributed by atoms with E-state index < -0.39 is 12.1 Å². The number of aromatic nitrogens is 4. The molecular weight excluding hydrogens is 497 g/mol. The summed E-state index contributed by atoms with van der Waals surface area (Å²) in [5, 5.41) is 11.5. The van der Waals surface area contributed by atoms with E-state index in [1.165, 1.54) is 7.11 Å². The lowest BCUT2D eigenvalue weighted by Crippen LogP contribution is -2.21. The number of fused-ring (bicyclic) bond motifs is 2. The van der Waals surface area contributed by atoms with Crippen molar-refractivity contribution in [3.63, 3.8) is 0 Å². The monoisotopic (exact) mass is 520 g/mol. The molecule has 0 unspecified atom stereocenters. The van der Waals surface area contributed by atoms with Crippen molar-refractivity contribution < 1.29 is 32.5 Å². The molecule has 0 saturated carbocycles. The molecule has 3 N–H and O–H groups in total. The molecule has 2 heterocycles. The number of alkyl halides is 3. The number of para-hydroxylation sites is 1. The molecule has 0 aliphatic carbocycles. The third-order valence-corrected chi connectivity index (χ3v) is 5.06. The molecule has 0 aliphatic heterocycles. The number of hydrogen-bond donors (Lipinski definition) is 3. The SMILES string of the molecule is COc1cc2c(C)nc(Nc3nc4c(OC)cccc4c(=O)[nH]3)nc2cc1N(C)C.O=C(O)C(F)(F)F. The van der Waals surface area contributed by atoms with Crippen LogP contribution in [0, 0.1) is 6.92 Å². The maximum absolute atomic E-state index is 12.5. The molecule has 0 amide bonds. The number of halogens is 3. The fourth-order valence-electron chi connectivity index (χ4n) is 3.33. The van der Waals surface area contributed by atoms with Crippen molar-refractivity contribution in [3.05, 3.63) is 46.4 Å². The fraction of sp³-hybridized carbons (Fsp3) is 0.261. The van der Waals surface area contributed by atoms with Crippen molar-refractivity contribution in [1.82, 2.24) is 19.9 Å². The van der Waals surface area contributed by atoms with Gasteiger partial charge in [0, 0.05) is 19.5 Å². The van der Waals surface area contributed by atoms with Gasteiger partial charge < -0.3 is 19.5 Å². The molecule has 0 atom stereocenters. The molecule has 37 heavy (non-hydrogen) atoms. The molecule has 0 aliphatic rings. The van der Waals surface area contributed by atoms with Crippen LogP contribution in [-0.2, 0) is 4.79 Å². The zero-order chi connectivity index (χ0) is 27.5. The predicted octanol–water partition coefficient (Wildman–Crippen LogP) is 3.63. The first kappa shape index (κ1) is 27.0. The van der Waals surface area contributed by atoms with Gasteiger partial charge in [0.2, 0.25) is 11.9 Å². The predicted molar refractivity (Wildman–Crippen MR) is 131 cm³/mol. The van der Waals surface area contributed by atoms with E-state index in [-0.39, 0.29) is 11.5 Å². The summed E-state index contributed by atoms with van der Waals surface area (Å²) in [6.07, 6.45) is -5.08. The lowest BCUT2D eigenvalue weighted by atomic mass is 10.1. The van der Waals surface area contributed by atoms with Gasteiger partial charge in [-0.15, -0.1) is 0 Å². The van der Waals surface area contributed by atoms with Crippen LogP contribution < -0.4 is 25.2 Å². The van der Waals surface area contributed by atoms with Crippen molar-refractivity contribution in [2.24, 2.45) is 0 Å². The highest BCUT2D eigenvalue weighted by Gasteiger charge is 2.38. The smallest absolute Gasteiger partial charge is 0.490 e. The first-order valence-electron chi connectivity index (χ1n) is 10.5. The Labute approximate surface area is 207 Å². The normalized spacial score (nSPS) is 11.0. The highest BCUT2D eigenvalue weighted by molar-refractivity contribution is 5.89. The summed E-state index contributed by atoms with van der Waals surface area (Å²) in [6.45, 7) is 1.89. The summed E-state index contributed by atoms with van der Waals surface area (Å²) in [7, 11) is 7.05. The quantitative estimate of drug-likeness (QED) is 0.357. The molecule has 14 heteroatoms. The molecule has 11 nitrogen and oxygen atoms in total. The number of aliphatic carboxylic acids is 1. The highest BCUT2D eigenvalue weighted by Crippen LogP contribution is 2.33. The third kappa shape index (κ3) is 5.97. The molecule has 0 spiro atoms. The number of methoxy groups -OCH3 is 2. The Morgan fingerprint density at radius 3 is 2.27 bits per heavy atom. The second kappa shape index (κ2) is 10.6. The number of benzene rings is 2. The third-order valence-electron chi connectivity index (χ3n) is 5.06. The average molecular weight is 520 g/mol. The van der Waals surface area contributed by atoms with Gasteiger partial charge in [0.25, 0.3) is 5.56 Å². The van der Waals surface area contributed by atoms with Crippen molar-refractivity contribution in [2.45, 2.75) is 13.1 Å². The Morgan fingerprint density at radius 2 is 1.70 bits per heavy atom. The van der Waals surface area contributed by atoms with Crippen LogP contribution in [0.2, 0.25) is 0 Å². The van der Waals surface area contributed by atoms with Gasteiger partial charge in [-0.05, 0) is 31.2 Å². The van der Waals surface area contributed by atoms with Crippen molar-refractivity contribution in [2.75, 3.05) is 38.5 Å². The molecule has 0 bridgehead atoms. The molecule has 0 radical (unpaired) electrons. The lowest BCUT2D eigenvalue weighted by Gasteiger charge is -2.18. The topological polar surface area (TPSA) is 143 Å². The minimum Gasteiger partial charge on any atom is -0.495 e. The summed E-state index contributed by atoms with van der Waals surface area (Å²) < 4.78 is 42.6. The van der Waals surface area contributed by atoms with Crippen LogP contribution in [0.3, 0.4) is 0 Å². The van der Waals surface area contributed by atoms with Crippen LogP contribution in [0.1, 0.15) is 5.69 Å². The van der Waals surface area contributed by atoms with Crippen LogP contribution in [-0.4, -0.2) is 65.5 Å². The van der Waals surface area contributed by atoms with E-state index in [0.29, 0.717) is 22.6 Å². The largest absolute Gasteiger partial charge is 0.495 e. The van der Waals surface area contributed by atoms with Gasteiger partial charge in [-0.3, -0.25) is 15.1 Å². The van der Waals surface area contributed by atoms with Crippen LogP contribution in [0.25, 0.3) is 21.8 Å². The van der Waals surface area contributed by atoms with E-state index in [2.05, 4.69) is 25.3 Å². The average Bonchev–Trinajstić information content (AvgIpc) is 2.82. The van der Waals surface area contributed by atoms with Crippen LogP contribution >= 0.6 is 0 Å². The van der Waals surface area contributed by atoms with Gasteiger partial charge in [-0.25, -0.2) is 19.7 Å². The molecule has 0 saturated heterocycles. The summed E-state index contributed by atoms with van der Waals surface area (Å²) in [4.78, 5) is 39.7. The Kier molecular flexibility index (Phi) is 7.70. The number of carboxylic acid groups (broad SMARTS) is 1. The number of ether oxygens (including phenoxy) is 2. The van der Waals surface area contributed by atoms with Gasteiger partial charge in [0.15, 0.2) is 0 Å². The summed E-state index contributed by atoms with van der Waals surface area (Å²) in [6, 6.07) is 9.06. The summed E-state index contributed by atoms with van der Waals surface area (Å²) >= 11 is 0. The van der Waals surface area contributed by atoms with E-state index >= 15 is 0 Å². The number of nitrogens with zero attached hydrogens (tertiary/aromatic N) is 4. The standard InChI is InChI=1S/C21H22N6O3.C2HF3O2/c1-11-13-9-17(30-5)15(27(2)3)10-14(13)23-20(22-11)26-21-24-18-12(19(28)25-21)7-6-8-16(18)29-4;3-2(4,5)1(6)7/h6-10H,1-5H3,(H2,22,23,24,25,26,28);(H,6,7). The number of carboxylic acids is 1. The number of nitrogens with one attached hydrogen (secondary N) is 2. The maximum atomic E-state index is 12.5. The number of hydrogen-bond acceptors (Lipinski definition) is 9. The molecule has 2 aromatic heterocycles. The first-order valence-corrected chi connectivity index (χ1v) is 10.5. The number of rotatable bonds is 5. The first-order chi connectivity index (χ1) is 17.3. The van der Waals surface area contributed by atoms with Crippen LogP contribution in [0.4, 0.5) is 30.8 Å². The second-order valence-electron chi connectivity index (χ2n) is 7.77. The Hall–Kier alpha value is -4.62. The zero-order valence-corrected chi connectivity index (χ0v) is 20.4. The van der Waals surface area contributed by atoms with Gasteiger partial charge in [0.1, 0.15) is 17.0 Å². The molecule has 196 valence electrons. The van der Waals surface area contributed by atoms with E-state index in [0.717, 1.165) is 28.0 Å². The van der Waals surface area contributed by atoms with E-state index in [4.69, 9.17) is 19.4 Å². The van der Waals surface area contributed by atoms with Crippen LogP contribution in [0.15, 0.2) is 35.1 Å². The van der Waals surface area contributed by atoms with Gasteiger partial charge in [0.05, 0.1) is 36.5 Å². The van der Waals surface area contributed by atoms with Gasteiger partial charge in [-0.2, -0.15) is 13.2 Å². The van der Waals surface area contributed by atoms with E-state index in [1.807, 2.05) is 38.1 Å². The number of aryl methyl sites for hydroxylation is 1. The van der Waals surface area contributed by atoms with E-state index in [1.54, 1.807) is 25.3 Å². The van der Waals surface area contributed by atoms with E-state index in [9.17, 15) is 18.0 Å². The van der Waals surface area contributed by atoms with Crippen molar-refractivity contribution >= 4 is 45.4 Å². The minimum absolute atomic E-state index is 0.233. The molecule has 4 rings (SSSR count). The second-order valence-corrected chi connectivity index (χ2v) is 7.77. The lowest BCUT2D eigenvalue weighted by molar-refractivity contribution is -0.192. The molecular formula is C23H23F3N6O5. The summed E-state index contributed by atoms with van der Waals surface area (Å²) in [5.41, 5.74) is 2.60. The minimum atomic E-state index is -5.08. The van der Waals surface area contributed by atoms with Gasteiger partial charge >= 0.3 is 12.1 Å². The Bertz CT molecular complexity index is 1520. The van der Waals surface area contributed by atoms with Gasteiger partial charge in [-0.1, -0.05) is 6.07 Å². The maximum Gasteiger partial charge on any atom is 0.490 e. The number of H-pyrrole nitrogens is 1. The summed E-state index contributed by atoms with van der Waals surface area (Å²) in [5.74, 6) is -0.940. The number of anilines is 3. The Balaban J connectivity index is 0.000000479. The molecule has 2 aromatic carbocycles.